The van der Waals surface area contributed by atoms with Crippen molar-refractivity contribution in [3.63, 3.8) is 0 Å². The van der Waals surface area contributed by atoms with Crippen LogP contribution in [0.1, 0.15) is 19.8 Å². The molecule has 0 aromatic carbocycles. The molecular formula is C11H16F4N2O3. The normalized spacial score (nSPS) is 17.2. The van der Waals surface area contributed by atoms with E-state index in [4.69, 9.17) is 4.74 Å². The lowest BCUT2D eigenvalue weighted by Gasteiger charge is -2.32. The zero-order valence-corrected chi connectivity index (χ0v) is 10.9. The molecule has 0 saturated carbocycles. The number of carbonyl (C=O) groups excluding carboxylic acids is 2. The number of amides is 2. The summed E-state index contributed by atoms with van der Waals surface area (Å²) in [6.07, 6.45) is -4.13. The van der Waals surface area contributed by atoms with Crippen LogP contribution in [0.25, 0.3) is 0 Å². The average Bonchev–Trinajstić information content (AvgIpc) is 2.39. The van der Waals surface area contributed by atoms with Gasteiger partial charge >= 0.3 is 18.4 Å². The molecular weight excluding hydrogens is 284 g/mol. The third kappa shape index (κ3) is 3.97. The topological polar surface area (TPSA) is 58.6 Å². The molecule has 0 atom stereocenters. The molecule has 0 bridgehead atoms. The molecule has 2 amide bonds. The van der Waals surface area contributed by atoms with E-state index < -0.39 is 30.4 Å². The monoisotopic (exact) mass is 300 g/mol. The average molecular weight is 300 g/mol. The highest BCUT2D eigenvalue weighted by Gasteiger charge is 2.49. The molecule has 0 radical (unpaired) electrons. The molecule has 0 aromatic heterocycles. The van der Waals surface area contributed by atoms with Gasteiger partial charge in [0.25, 0.3) is 5.91 Å². The van der Waals surface area contributed by atoms with Gasteiger partial charge in [-0.15, -0.1) is 0 Å². The van der Waals surface area contributed by atoms with Gasteiger partial charge < -0.3 is 15.0 Å². The van der Waals surface area contributed by atoms with Crippen LogP contribution < -0.4 is 5.32 Å². The van der Waals surface area contributed by atoms with Gasteiger partial charge in [0.15, 0.2) is 0 Å². The van der Waals surface area contributed by atoms with E-state index in [-0.39, 0.29) is 32.5 Å². The predicted molar refractivity (Wildman–Crippen MR) is 60.7 cm³/mol. The fraction of sp³-hybridized carbons (Fsp3) is 0.818. The smallest absolute Gasteiger partial charge is 0.409 e. The summed E-state index contributed by atoms with van der Waals surface area (Å²) in [5.74, 6) is -6.68. The van der Waals surface area contributed by atoms with Crippen LogP contribution >= 0.6 is 0 Å². The van der Waals surface area contributed by atoms with Gasteiger partial charge in [0, 0.05) is 19.1 Å². The van der Waals surface area contributed by atoms with E-state index in [0.717, 1.165) is 0 Å². The Hall–Kier alpha value is -1.54. The van der Waals surface area contributed by atoms with Crippen LogP contribution in [0, 0.1) is 0 Å². The van der Waals surface area contributed by atoms with E-state index in [1.165, 1.54) is 4.90 Å². The molecule has 1 aliphatic rings. The standard InChI is InChI=1S/C11H16F4N2O3/c1-2-20-10(19)17-5-3-7(4-6-17)16-9(18)11(14,15)8(12)13/h7-8H,2-6H2,1H3,(H,16,18). The summed E-state index contributed by atoms with van der Waals surface area (Å²) in [6.45, 7) is 2.29. The summed E-state index contributed by atoms with van der Waals surface area (Å²) in [5.41, 5.74) is 0. The van der Waals surface area contributed by atoms with E-state index in [1.807, 2.05) is 5.32 Å². The second-order valence-corrected chi connectivity index (χ2v) is 4.36. The minimum atomic E-state index is -4.70. The predicted octanol–water partition coefficient (Wildman–Crippen LogP) is 1.62. The van der Waals surface area contributed by atoms with Gasteiger partial charge in [-0.3, -0.25) is 4.79 Å². The van der Waals surface area contributed by atoms with Gasteiger partial charge in [-0.1, -0.05) is 0 Å². The fourth-order valence-corrected chi connectivity index (χ4v) is 1.80. The van der Waals surface area contributed by atoms with Crippen molar-refractivity contribution in [2.24, 2.45) is 0 Å². The number of ether oxygens (including phenoxy) is 1. The van der Waals surface area contributed by atoms with E-state index >= 15 is 0 Å². The maximum Gasteiger partial charge on any atom is 0.409 e. The third-order valence-electron chi connectivity index (χ3n) is 2.93. The SMILES string of the molecule is CCOC(=O)N1CCC(NC(=O)C(F)(F)C(F)F)CC1. The number of hydrogen-bond acceptors (Lipinski definition) is 3. The van der Waals surface area contributed by atoms with Crippen molar-refractivity contribution < 1.29 is 31.9 Å². The third-order valence-corrected chi connectivity index (χ3v) is 2.93. The Morgan fingerprint density at radius 2 is 1.90 bits per heavy atom. The minimum absolute atomic E-state index is 0.212. The Labute approximate surface area is 113 Å². The Morgan fingerprint density at radius 1 is 1.35 bits per heavy atom. The lowest BCUT2D eigenvalue weighted by Crippen LogP contribution is -2.52. The highest BCUT2D eigenvalue weighted by atomic mass is 19.3. The van der Waals surface area contributed by atoms with Crippen molar-refractivity contribution in [2.75, 3.05) is 19.7 Å². The Morgan fingerprint density at radius 3 is 2.35 bits per heavy atom. The molecule has 0 aliphatic carbocycles. The molecule has 20 heavy (non-hydrogen) atoms. The lowest BCUT2D eigenvalue weighted by atomic mass is 10.1. The van der Waals surface area contributed by atoms with Crippen molar-refractivity contribution in [1.82, 2.24) is 10.2 Å². The Bertz CT molecular complexity index is 358. The molecule has 1 heterocycles. The molecule has 5 nitrogen and oxygen atoms in total. The molecule has 1 fully saturated rings. The zero-order valence-electron chi connectivity index (χ0n) is 10.9. The van der Waals surface area contributed by atoms with E-state index in [1.54, 1.807) is 6.92 Å². The number of nitrogens with zero attached hydrogens (tertiary/aromatic N) is 1. The first-order valence-electron chi connectivity index (χ1n) is 6.17. The van der Waals surface area contributed by atoms with Gasteiger partial charge in [-0.2, -0.15) is 8.78 Å². The fourth-order valence-electron chi connectivity index (χ4n) is 1.80. The van der Waals surface area contributed by atoms with Gasteiger partial charge in [-0.05, 0) is 19.8 Å². The van der Waals surface area contributed by atoms with Crippen LogP contribution in [0.3, 0.4) is 0 Å². The first kappa shape index (κ1) is 16.5. The van der Waals surface area contributed by atoms with E-state index in [0.29, 0.717) is 0 Å². The number of nitrogens with one attached hydrogen (secondary N) is 1. The number of piperidine rings is 1. The summed E-state index contributed by atoms with van der Waals surface area (Å²) >= 11 is 0. The second-order valence-electron chi connectivity index (χ2n) is 4.36. The summed E-state index contributed by atoms with van der Waals surface area (Å²) in [4.78, 5) is 23.8. The number of carbonyl (C=O) groups is 2. The van der Waals surface area contributed by atoms with Gasteiger partial charge in [0.1, 0.15) is 0 Å². The van der Waals surface area contributed by atoms with Gasteiger partial charge in [0.05, 0.1) is 6.61 Å². The van der Waals surface area contributed by atoms with Crippen molar-refractivity contribution in [1.29, 1.82) is 0 Å². The van der Waals surface area contributed by atoms with Crippen LogP contribution in [0.2, 0.25) is 0 Å². The summed E-state index contributed by atoms with van der Waals surface area (Å²) < 4.78 is 54.3. The molecule has 1 aliphatic heterocycles. The molecule has 1 rings (SSSR count). The molecule has 0 aromatic rings. The maximum absolute atomic E-state index is 12.8. The molecule has 116 valence electrons. The Balaban J connectivity index is 2.43. The van der Waals surface area contributed by atoms with Crippen LogP contribution in [0.4, 0.5) is 22.4 Å². The van der Waals surface area contributed by atoms with Crippen molar-refractivity contribution in [3.05, 3.63) is 0 Å². The summed E-state index contributed by atoms with van der Waals surface area (Å²) in [5, 5.41) is 1.88. The molecule has 1 N–H and O–H groups in total. The summed E-state index contributed by atoms with van der Waals surface area (Å²) in [6, 6.07) is -0.655. The molecule has 1 saturated heterocycles. The maximum atomic E-state index is 12.8. The quantitative estimate of drug-likeness (QED) is 0.803. The highest BCUT2D eigenvalue weighted by Crippen LogP contribution is 2.23. The van der Waals surface area contributed by atoms with Gasteiger partial charge in [-0.25, -0.2) is 13.6 Å². The second kappa shape index (κ2) is 6.76. The number of alkyl halides is 4. The largest absolute Gasteiger partial charge is 0.450 e. The summed E-state index contributed by atoms with van der Waals surface area (Å²) in [7, 11) is 0. The van der Waals surface area contributed by atoms with E-state index in [9.17, 15) is 27.2 Å². The zero-order chi connectivity index (χ0) is 15.3. The van der Waals surface area contributed by atoms with Crippen molar-refractivity contribution in [3.8, 4) is 0 Å². The van der Waals surface area contributed by atoms with Crippen molar-refractivity contribution in [2.45, 2.75) is 38.2 Å². The molecule has 0 spiro atoms. The molecule has 9 heteroatoms. The molecule has 0 unspecified atom stereocenters. The Kier molecular flexibility index (Phi) is 5.58. The lowest BCUT2D eigenvalue weighted by molar-refractivity contribution is -0.170. The van der Waals surface area contributed by atoms with Crippen LogP contribution in [0.15, 0.2) is 0 Å². The van der Waals surface area contributed by atoms with Crippen LogP contribution in [-0.4, -0.2) is 55.0 Å². The van der Waals surface area contributed by atoms with Crippen LogP contribution in [0.5, 0.6) is 0 Å². The first-order valence-corrected chi connectivity index (χ1v) is 6.17. The first-order chi connectivity index (χ1) is 9.28. The van der Waals surface area contributed by atoms with E-state index in [2.05, 4.69) is 0 Å². The minimum Gasteiger partial charge on any atom is -0.450 e. The number of likely N-dealkylation sites (tertiary alicyclic amines) is 1. The number of rotatable bonds is 4. The van der Waals surface area contributed by atoms with Crippen LogP contribution in [-0.2, 0) is 9.53 Å². The number of hydrogen-bond donors (Lipinski definition) is 1. The number of halogens is 4. The van der Waals surface area contributed by atoms with Crippen molar-refractivity contribution >= 4 is 12.0 Å². The highest BCUT2D eigenvalue weighted by molar-refractivity contribution is 5.84. The van der Waals surface area contributed by atoms with Gasteiger partial charge in [0.2, 0.25) is 0 Å².